The minimum atomic E-state index is -4.70. The van der Waals surface area contributed by atoms with E-state index in [0.717, 1.165) is 17.7 Å². The average Bonchev–Trinajstić information content (AvgIpc) is 2.15. The number of halogens is 4. The topological polar surface area (TPSA) is 26.0 Å². The van der Waals surface area contributed by atoms with Crippen LogP contribution in [-0.4, -0.2) is 0 Å². The molecule has 0 fully saturated rings. The van der Waals surface area contributed by atoms with E-state index in [1.54, 1.807) is 19.9 Å². The van der Waals surface area contributed by atoms with Crippen molar-refractivity contribution in [3.63, 3.8) is 0 Å². The van der Waals surface area contributed by atoms with Crippen molar-refractivity contribution in [2.75, 3.05) is 0 Å². The molecule has 0 saturated carbocycles. The Morgan fingerprint density at radius 2 is 1.88 bits per heavy atom. The second-order valence-electron chi connectivity index (χ2n) is 4.01. The lowest BCUT2D eigenvalue weighted by molar-refractivity contribution is -0.140. The molecule has 0 aliphatic rings. The molecule has 0 aliphatic heterocycles. The van der Waals surface area contributed by atoms with Crippen LogP contribution in [0.3, 0.4) is 0 Å². The summed E-state index contributed by atoms with van der Waals surface area (Å²) < 4.78 is 50.4. The number of allylic oxidation sites excluding steroid dienone is 1. The summed E-state index contributed by atoms with van der Waals surface area (Å²) in [7, 11) is 0. The van der Waals surface area contributed by atoms with Crippen molar-refractivity contribution in [2.45, 2.75) is 26.1 Å². The fraction of sp³-hybridized carbons (Fsp3) is 0.333. The molecule has 1 unspecified atom stereocenters. The van der Waals surface area contributed by atoms with Crippen molar-refractivity contribution < 1.29 is 17.6 Å². The second kappa shape index (κ2) is 4.87. The minimum Gasteiger partial charge on any atom is -0.321 e. The highest BCUT2D eigenvalue weighted by atomic mass is 19.4. The highest BCUT2D eigenvalue weighted by Gasteiger charge is 2.34. The summed E-state index contributed by atoms with van der Waals surface area (Å²) in [4.78, 5) is 0. The predicted octanol–water partition coefficient (Wildman–Crippen LogP) is 3.81. The molecule has 1 nitrogen and oxygen atoms in total. The summed E-state index contributed by atoms with van der Waals surface area (Å²) in [6, 6.07) is 2.13. The fourth-order valence-electron chi connectivity index (χ4n) is 1.42. The van der Waals surface area contributed by atoms with Crippen LogP contribution >= 0.6 is 0 Å². The van der Waals surface area contributed by atoms with Gasteiger partial charge in [0.2, 0.25) is 0 Å². The van der Waals surface area contributed by atoms with Crippen LogP contribution < -0.4 is 5.73 Å². The molecule has 1 aromatic carbocycles. The maximum atomic E-state index is 13.0. The van der Waals surface area contributed by atoms with Gasteiger partial charge in [-0.15, -0.1) is 0 Å². The summed E-state index contributed by atoms with van der Waals surface area (Å²) in [5, 5.41) is 0. The molecular weight excluding hydrogens is 234 g/mol. The predicted molar refractivity (Wildman–Crippen MR) is 57.8 cm³/mol. The van der Waals surface area contributed by atoms with Crippen LogP contribution in [0, 0.1) is 5.82 Å². The Balaban J connectivity index is 3.18. The summed E-state index contributed by atoms with van der Waals surface area (Å²) >= 11 is 0. The third kappa shape index (κ3) is 3.56. The van der Waals surface area contributed by atoms with Crippen LogP contribution in [0.2, 0.25) is 0 Å². The van der Waals surface area contributed by atoms with Gasteiger partial charge in [0.15, 0.2) is 0 Å². The van der Waals surface area contributed by atoms with E-state index in [0.29, 0.717) is 0 Å². The quantitative estimate of drug-likeness (QED) is 0.624. The Kier molecular flexibility index (Phi) is 3.93. The normalized spacial score (nSPS) is 13.4. The largest absolute Gasteiger partial charge is 0.419 e. The van der Waals surface area contributed by atoms with Crippen LogP contribution in [0.25, 0.3) is 0 Å². The van der Waals surface area contributed by atoms with E-state index in [-0.39, 0.29) is 5.56 Å². The highest BCUT2D eigenvalue weighted by Crippen LogP contribution is 2.32. The maximum Gasteiger partial charge on any atom is 0.419 e. The minimum absolute atomic E-state index is 0.236. The molecule has 0 radical (unpaired) electrons. The van der Waals surface area contributed by atoms with Gasteiger partial charge in [-0.25, -0.2) is 4.39 Å². The van der Waals surface area contributed by atoms with E-state index in [9.17, 15) is 17.6 Å². The second-order valence-corrected chi connectivity index (χ2v) is 4.01. The SMILES string of the molecule is CC(C)=CC(N)c1ccc(F)c(C(F)(F)F)c1. The Hall–Kier alpha value is -1.36. The van der Waals surface area contributed by atoms with Crippen LogP contribution in [0.15, 0.2) is 29.8 Å². The third-order valence-corrected chi connectivity index (χ3v) is 2.19. The van der Waals surface area contributed by atoms with Crippen molar-refractivity contribution in [1.29, 1.82) is 0 Å². The van der Waals surface area contributed by atoms with Crippen molar-refractivity contribution in [3.8, 4) is 0 Å². The Morgan fingerprint density at radius 3 is 2.35 bits per heavy atom. The van der Waals surface area contributed by atoms with E-state index >= 15 is 0 Å². The van der Waals surface area contributed by atoms with Gasteiger partial charge in [0.05, 0.1) is 5.56 Å². The lowest BCUT2D eigenvalue weighted by atomic mass is 10.0. The molecule has 1 rings (SSSR count). The van der Waals surface area contributed by atoms with Crippen LogP contribution in [0.4, 0.5) is 17.6 Å². The molecule has 0 bridgehead atoms. The molecule has 94 valence electrons. The summed E-state index contributed by atoms with van der Waals surface area (Å²) in [6.45, 7) is 3.57. The number of rotatable bonds is 2. The number of hydrogen-bond acceptors (Lipinski definition) is 1. The van der Waals surface area contributed by atoms with Gasteiger partial charge in [0.1, 0.15) is 5.82 Å². The van der Waals surface area contributed by atoms with Gasteiger partial charge in [0.25, 0.3) is 0 Å². The first-order valence-electron chi connectivity index (χ1n) is 4.99. The number of hydrogen-bond donors (Lipinski definition) is 1. The molecule has 1 aromatic rings. The zero-order valence-corrected chi connectivity index (χ0v) is 9.48. The molecule has 0 amide bonds. The average molecular weight is 247 g/mol. The molecule has 0 saturated heterocycles. The maximum absolute atomic E-state index is 13.0. The lowest BCUT2D eigenvalue weighted by Gasteiger charge is -2.13. The molecule has 0 spiro atoms. The van der Waals surface area contributed by atoms with Gasteiger partial charge in [-0.1, -0.05) is 17.7 Å². The van der Waals surface area contributed by atoms with Gasteiger partial charge in [-0.05, 0) is 31.5 Å². The molecule has 2 N–H and O–H groups in total. The standard InChI is InChI=1S/C12H13F4N/c1-7(2)5-11(17)8-3-4-10(13)9(6-8)12(14,15)16/h3-6,11H,17H2,1-2H3. The summed E-state index contributed by atoms with van der Waals surface area (Å²) in [5.41, 5.74) is 5.53. The van der Waals surface area contributed by atoms with Gasteiger partial charge < -0.3 is 5.73 Å². The molecule has 0 heterocycles. The first kappa shape index (κ1) is 13.7. The van der Waals surface area contributed by atoms with Crippen molar-refractivity contribution in [2.24, 2.45) is 5.73 Å². The van der Waals surface area contributed by atoms with Gasteiger partial charge >= 0.3 is 6.18 Å². The van der Waals surface area contributed by atoms with Crippen LogP contribution in [0.5, 0.6) is 0 Å². The first-order valence-corrected chi connectivity index (χ1v) is 4.99. The number of alkyl halides is 3. The summed E-state index contributed by atoms with van der Waals surface area (Å²) in [6.07, 6.45) is -3.09. The fourth-order valence-corrected chi connectivity index (χ4v) is 1.42. The molecule has 5 heteroatoms. The van der Waals surface area contributed by atoms with Crippen molar-refractivity contribution in [3.05, 3.63) is 46.8 Å². The Labute approximate surface area is 96.9 Å². The smallest absolute Gasteiger partial charge is 0.321 e. The molecule has 0 aromatic heterocycles. The summed E-state index contributed by atoms with van der Waals surface area (Å²) in [5.74, 6) is -1.29. The van der Waals surface area contributed by atoms with Crippen LogP contribution in [0.1, 0.15) is 31.0 Å². The third-order valence-electron chi connectivity index (χ3n) is 2.19. The Bertz CT molecular complexity index is 431. The Morgan fingerprint density at radius 1 is 1.29 bits per heavy atom. The van der Waals surface area contributed by atoms with Gasteiger partial charge in [-0.2, -0.15) is 13.2 Å². The zero-order valence-electron chi connectivity index (χ0n) is 9.48. The van der Waals surface area contributed by atoms with Crippen molar-refractivity contribution >= 4 is 0 Å². The number of nitrogens with two attached hydrogens (primary N) is 1. The van der Waals surface area contributed by atoms with E-state index in [1.165, 1.54) is 6.07 Å². The molecule has 1 atom stereocenters. The van der Waals surface area contributed by atoms with E-state index in [2.05, 4.69) is 0 Å². The van der Waals surface area contributed by atoms with Gasteiger partial charge in [-0.3, -0.25) is 0 Å². The molecular formula is C12H13F4N. The monoisotopic (exact) mass is 247 g/mol. The zero-order chi connectivity index (χ0) is 13.2. The molecule has 17 heavy (non-hydrogen) atoms. The van der Waals surface area contributed by atoms with E-state index < -0.39 is 23.6 Å². The first-order chi connectivity index (χ1) is 7.71. The molecule has 0 aliphatic carbocycles. The number of benzene rings is 1. The van der Waals surface area contributed by atoms with Crippen molar-refractivity contribution in [1.82, 2.24) is 0 Å². The van der Waals surface area contributed by atoms with E-state index in [1.807, 2.05) is 0 Å². The van der Waals surface area contributed by atoms with Crippen LogP contribution in [-0.2, 0) is 6.18 Å². The van der Waals surface area contributed by atoms with E-state index in [4.69, 9.17) is 5.73 Å². The highest BCUT2D eigenvalue weighted by molar-refractivity contribution is 5.31. The lowest BCUT2D eigenvalue weighted by Crippen LogP contribution is -2.12. The van der Waals surface area contributed by atoms with Gasteiger partial charge in [0, 0.05) is 6.04 Å².